The van der Waals surface area contributed by atoms with Crippen molar-refractivity contribution in [2.45, 2.75) is 12.8 Å². The van der Waals surface area contributed by atoms with Crippen molar-refractivity contribution in [1.82, 2.24) is 14.9 Å². The molecule has 0 N–H and O–H groups in total. The van der Waals surface area contributed by atoms with Crippen LogP contribution in [0.2, 0.25) is 0 Å². The summed E-state index contributed by atoms with van der Waals surface area (Å²) in [6.45, 7) is 1.68. The molecule has 0 aliphatic carbocycles. The Morgan fingerprint density at radius 3 is 2.90 bits per heavy atom. The second kappa shape index (κ2) is 5.68. The van der Waals surface area contributed by atoms with E-state index in [2.05, 4.69) is 14.9 Å². The fourth-order valence-electron chi connectivity index (χ4n) is 2.98. The smallest absolute Gasteiger partial charge is 0.226 e. The zero-order valence-corrected chi connectivity index (χ0v) is 12.5. The van der Waals surface area contributed by atoms with Crippen molar-refractivity contribution in [3.05, 3.63) is 30.6 Å². The Balaban J connectivity index is 1.90. The summed E-state index contributed by atoms with van der Waals surface area (Å²) < 4.78 is 0. The van der Waals surface area contributed by atoms with Crippen molar-refractivity contribution in [2.24, 2.45) is 5.92 Å². The van der Waals surface area contributed by atoms with E-state index >= 15 is 0 Å². The summed E-state index contributed by atoms with van der Waals surface area (Å²) in [5.74, 6) is 1.21. The van der Waals surface area contributed by atoms with E-state index in [-0.39, 0.29) is 11.8 Å². The van der Waals surface area contributed by atoms with E-state index in [1.54, 1.807) is 11.2 Å². The first-order chi connectivity index (χ1) is 10.2. The molecule has 2 heterocycles. The fraction of sp³-hybridized carbons (Fsp3) is 0.438. The molecule has 1 saturated heterocycles. The molecule has 1 unspecified atom stereocenters. The normalized spacial score (nSPS) is 18.8. The maximum atomic E-state index is 12.2. The molecule has 0 spiro atoms. The molecule has 3 rings (SSSR count). The molecule has 5 nitrogen and oxygen atoms in total. The zero-order valence-electron chi connectivity index (χ0n) is 12.5. The van der Waals surface area contributed by atoms with Crippen molar-refractivity contribution in [3.8, 4) is 0 Å². The van der Waals surface area contributed by atoms with Gasteiger partial charge in [0.25, 0.3) is 0 Å². The maximum Gasteiger partial charge on any atom is 0.226 e. The maximum absolute atomic E-state index is 12.2. The molecule has 1 amide bonds. The van der Waals surface area contributed by atoms with Crippen LogP contribution in [0.15, 0.2) is 30.6 Å². The number of amides is 1. The van der Waals surface area contributed by atoms with Crippen molar-refractivity contribution < 1.29 is 4.79 Å². The minimum atomic E-state index is 0.0578. The predicted molar refractivity (Wildman–Crippen MR) is 83.2 cm³/mol. The average molecular weight is 284 g/mol. The summed E-state index contributed by atoms with van der Waals surface area (Å²) in [6, 6.07) is 8.02. The van der Waals surface area contributed by atoms with Crippen LogP contribution in [0.25, 0.3) is 10.9 Å². The van der Waals surface area contributed by atoms with E-state index < -0.39 is 0 Å². The Morgan fingerprint density at radius 2 is 2.10 bits per heavy atom. The minimum Gasteiger partial charge on any atom is -0.355 e. The monoisotopic (exact) mass is 284 g/mol. The van der Waals surface area contributed by atoms with Gasteiger partial charge in [-0.15, -0.1) is 0 Å². The van der Waals surface area contributed by atoms with Gasteiger partial charge in [-0.1, -0.05) is 12.1 Å². The lowest BCUT2D eigenvalue weighted by atomic mass is 9.96. The zero-order chi connectivity index (χ0) is 14.8. The van der Waals surface area contributed by atoms with E-state index in [4.69, 9.17) is 0 Å². The molecule has 0 saturated carbocycles. The van der Waals surface area contributed by atoms with Crippen LogP contribution < -0.4 is 4.90 Å². The molecule has 1 aliphatic heterocycles. The van der Waals surface area contributed by atoms with Crippen molar-refractivity contribution in [1.29, 1.82) is 0 Å². The lowest BCUT2D eigenvalue weighted by molar-refractivity contribution is -0.133. The number of carbonyl (C=O) groups is 1. The molecule has 1 aromatic carbocycles. The Morgan fingerprint density at radius 1 is 1.29 bits per heavy atom. The van der Waals surface area contributed by atoms with Crippen LogP contribution in [0, 0.1) is 5.92 Å². The van der Waals surface area contributed by atoms with E-state index in [9.17, 15) is 4.79 Å². The number of carbonyl (C=O) groups excluding carboxylic acids is 1. The summed E-state index contributed by atoms with van der Waals surface area (Å²) in [6.07, 6.45) is 3.58. The molecule has 2 aromatic rings. The number of aromatic nitrogens is 2. The highest BCUT2D eigenvalue weighted by molar-refractivity contribution is 5.89. The first kappa shape index (κ1) is 13.8. The van der Waals surface area contributed by atoms with E-state index in [0.29, 0.717) is 0 Å². The third-order valence-corrected chi connectivity index (χ3v) is 4.03. The Hall–Kier alpha value is -2.17. The van der Waals surface area contributed by atoms with Crippen LogP contribution in [0.1, 0.15) is 12.8 Å². The van der Waals surface area contributed by atoms with Gasteiger partial charge in [0.15, 0.2) is 0 Å². The molecule has 0 bridgehead atoms. The van der Waals surface area contributed by atoms with Gasteiger partial charge in [-0.25, -0.2) is 9.97 Å². The molecule has 1 fully saturated rings. The number of para-hydroxylation sites is 1. The minimum absolute atomic E-state index is 0.0578. The van der Waals surface area contributed by atoms with Crippen molar-refractivity contribution >= 4 is 22.6 Å². The topological polar surface area (TPSA) is 49.3 Å². The van der Waals surface area contributed by atoms with Crippen LogP contribution in [-0.2, 0) is 4.79 Å². The summed E-state index contributed by atoms with van der Waals surface area (Å²) in [5, 5.41) is 1.05. The molecule has 21 heavy (non-hydrogen) atoms. The Labute approximate surface area is 124 Å². The van der Waals surface area contributed by atoms with E-state index in [1.165, 1.54) is 0 Å². The molecule has 1 aliphatic rings. The highest BCUT2D eigenvalue weighted by atomic mass is 16.2. The summed E-state index contributed by atoms with van der Waals surface area (Å²) in [7, 11) is 3.64. The van der Waals surface area contributed by atoms with Crippen LogP contribution in [0.4, 0.5) is 5.82 Å². The quantitative estimate of drug-likeness (QED) is 0.845. The van der Waals surface area contributed by atoms with Gasteiger partial charge < -0.3 is 9.80 Å². The second-order valence-electron chi connectivity index (χ2n) is 5.73. The summed E-state index contributed by atoms with van der Waals surface area (Å²) in [4.78, 5) is 24.9. The van der Waals surface area contributed by atoms with Crippen LogP contribution in [0.3, 0.4) is 0 Å². The summed E-state index contributed by atoms with van der Waals surface area (Å²) >= 11 is 0. The average Bonchev–Trinajstić information content (AvgIpc) is 2.53. The molecule has 1 atom stereocenters. The fourth-order valence-corrected chi connectivity index (χ4v) is 2.98. The largest absolute Gasteiger partial charge is 0.355 e. The molecule has 110 valence electrons. The molecular weight excluding hydrogens is 264 g/mol. The predicted octanol–water partition coefficient (Wildman–Crippen LogP) is 1.93. The van der Waals surface area contributed by atoms with Gasteiger partial charge >= 0.3 is 0 Å². The number of hydrogen-bond acceptors (Lipinski definition) is 4. The van der Waals surface area contributed by atoms with Gasteiger partial charge in [-0.2, -0.15) is 0 Å². The lowest BCUT2D eigenvalue weighted by Crippen LogP contribution is -2.43. The number of piperidine rings is 1. The highest BCUT2D eigenvalue weighted by Crippen LogP contribution is 2.27. The van der Waals surface area contributed by atoms with Gasteiger partial charge in [-0.05, 0) is 25.0 Å². The standard InChI is InChI=1S/C16H20N4O/c1-19(2)16(21)12-6-5-9-20(10-12)15-13-7-3-4-8-14(13)17-11-18-15/h3-4,7-8,11-12H,5-6,9-10H2,1-2H3. The van der Waals surface area contributed by atoms with Gasteiger partial charge in [0.2, 0.25) is 5.91 Å². The van der Waals surface area contributed by atoms with Crippen LogP contribution in [0.5, 0.6) is 0 Å². The van der Waals surface area contributed by atoms with Crippen LogP contribution >= 0.6 is 0 Å². The van der Waals surface area contributed by atoms with Gasteiger partial charge in [0.1, 0.15) is 12.1 Å². The lowest BCUT2D eigenvalue weighted by Gasteiger charge is -2.34. The highest BCUT2D eigenvalue weighted by Gasteiger charge is 2.28. The number of hydrogen-bond donors (Lipinski definition) is 0. The van der Waals surface area contributed by atoms with Gasteiger partial charge in [0, 0.05) is 32.6 Å². The number of fused-ring (bicyclic) bond motifs is 1. The molecule has 1 aromatic heterocycles. The number of rotatable bonds is 2. The van der Waals surface area contributed by atoms with Crippen molar-refractivity contribution in [3.63, 3.8) is 0 Å². The third kappa shape index (κ3) is 2.68. The van der Waals surface area contributed by atoms with E-state index in [1.807, 2.05) is 38.4 Å². The third-order valence-electron chi connectivity index (χ3n) is 4.03. The SMILES string of the molecule is CN(C)C(=O)C1CCCN(c2ncnc3ccccc23)C1. The molecule has 5 heteroatoms. The number of nitrogens with zero attached hydrogens (tertiary/aromatic N) is 4. The number of benzene rings is 1. The second-order valence-corrected chi connectivity index (χ2v) is 5.73. The number of anilines is 1. The van der Waals surface area contributed by atoms with Crippen LogP contribution in [-0.4, -0.2) is 48.0 Å². The Bertz CT molecular complexity index is 650. The first-order valence-corrected chi connectivity index (χ1v) is 7.32. The molecular formula is C16H20N4O. The first-order valence-electron chi connectivity index (χ1n) is 7.32. The molecule has 0 radical (unpaired) electrons. The van der Waals surface area contributed by atoms with Gasteiger partial charge in [0.05, 0.1) is 11.4 Å². The van der Waals surface area contributed by atoms with E-state index in [0.717, 1.165) is 42.7 Å². The Kier molecular flexibility index (Phi) is 3.73. The van der Waals surface area contributed by atoms with Crippen molar-refractivity contribution in [2.75, 3.05) is 32.1 Å². The summed E-state index contributed by atoms with van der Waals surface area (Å²) in [5.41, 5.74) is 0.948. The van der Waals surface area contributed by atoms with Gasteiger partial charge in [-0.3, -0.25) is 4.79 Å².